The Labute approximate surface area is 212 Å². The van der Waals surface area contributed by atoms with E-state index in [4.69, 9.17) is 9.72 Å². The fourth-order valence-corrected chi connectivity index (χ4v) is 5.61. The molecular weight excluding hydrogens is 474 g/mol. The number of aliphatic hydroxyl groups is 1. The van der Waals surface area contributed by atoms with Gasteiger partial charge in [0.1, 0.15) is 11.5 Å². The van der Waals surface area contributed by atoms with Gasteiger partial charge in [0, 0.05) is 18.0 Å². The molecule has 5 rings (SSSR count). The number of pyridine rings is 1. The summed E-state index contributed by atoms with van der Waals surface area (Å²) in [6.45, 7) is 6.60. The first-order valence-electron chi connectivity index (χ1n) is 11.7. The number of fused-ring (bicyclic) bond motifs is 1. The van der Waals surface area contributed by atoms with Crippen LogP contribution in [0.2, 0.25) is 0 Å². The summed E-state index contributed by atoms with van der Waals surface area (Å²) in [6, 6.07) is 13.7. The number of aryl methyl sites for hydroxylation is 2. The van der Waals surface area contributed by atoms with Gasteiger partial charge in [0.15, 0.2) is 5.13 Å². The molecule has 1 fully saturated rings. The van der Waals surface area contributed by atoms with Crippen LogP contribution in [0.5, 0.6) is 5.75 Å². The smallest absolute Gasteiger partial charge is 0.301 e. The van der Waals surface area contributed by atoms with Crippen LogP contribution < -0.4 is 9.64 Å². The van der Waals surface area contributed by atoms with E-state index >= 15 is 0 Å². The highest BCUT2D eigenvalue weighted by molar-refractivity contribution is 7.22. The summed E-state index contributed by atoms with van der Waals surface area (Å²) in [7, 11) is 0. The van der Waals surface area contributed by atoms with E-state index in [2.05, 4.69) is 4.98 Å². The van der Waals surface area contributed by atoms with Crippen molar-refractivity contribution in [3.8, 4) is 5.75 Å². The van der Waals surface area contributed by atoms with E-state index in [9.17, 15) is 14.7 Å². The molecule has 1 aliphatic heterocycles. The van der Waals surface area contributed by atoms with Crippen LogP contribution in [0.25, 0.3) is 16.0 Å². The minimum Gasteiger partial charge on any atom is -0.507 e. The number of nitrogens with zero attached hydrogens (tertiary/aromatic N) is 3. The molecule has 1 amide bonds. The van der Waals surface area contributed by atoms with Crippen molar-refractivity contribution in [2.45, 2.75) is 33.2 Å². The molecule has 1 atom stereocenters. The molecule has 0 saturated carbocycles. The Morgan fingerprint density at radius 3 is 2.50 bits per heavy atom. The molecular formula is C28H25N3O4S. The van der Waals surface area contributed by atoms with E-state index in [0.717, 1.165) is 27.8 Å². The number of thiazole rings is 1. The van der Waals surface area contributed by atoms with Gasteiger partial charge in [-0.05, 0) is 67.3 Å². The fourth-order valence-electron chi connectivity index (χ4n) is 4.44. The third kappa shape index (κ3) is 4.13. The molecule has 8 heteroatoms. The summed E-state index contributed by atoms with van der Waals surface area (Å²) in [5.41, 5.74) is 3.97. The number of ketones is 1. The number of amides is 1. The van der Waals surface area contributed by atoms with E-state index in [0.29, 0.717) is 28.6 Å². The molecule has 3 heterocycles. The number of Topliss-reactive ketones (excluding diaryl/α,β-unsaturated/α-hetero) is 1. The van der Waals surface area contributed by atoms with E-state index in [1.54, 1.807) is 12.1 Å². The maximum absolute atomic E-state index is 13.4. The summed E-state index contributed by atoms with van der Waals surface area (Å²) in [5.74, 6) is -1.04. The highest BCUT2D eigenvalue weighted by Crippen LogP contribution is 2.45. The lowest BCUT2D eigenvalue weighted by Crippen LogP contribution is -2.29. The Balaban J connectivity index is 1.69. The number of aliphatic hydroxyl groups excluding tert-OH is 1. The standard InChI is InChI=1S/C28H25N3O4S/c1-4-13-35-20-7-5-18(6-8-20)24-22(25(32)19-9-11-29-12-10-19)26(33)27(34)31(24)28-30-23-17(3)14-16(2)15-21(23)36-28/h5-12,14-15,24,32H,4,13H2,1-3H3/b25-22+. The van der Waals surface area contributed by atoms with E-state index in [1.807, 2.05) is 57.2 Å². The molecule has 2 aromatic heterocycles. The first kappa shape index (κ1) is 23.7. The van der Waals surface area contributed by atoms with Gasteiger partial charge in [-0.1, -0.05) is 36.5 Å². The predicted molar refractivity (Wildman–Crippen MR) is 140 cm³/mol. The van der Waals surface area contributed by atoms with Crippen molar-refractivity contribution in [2.24, 2.45) is 0 Å². The SMILES string of the molecule is CCCOc1ccc(C2/C(=C(\O)c3ccncc3)C(=O)C(=O)N2c2nc3c(C)cc(C)cc3s2)cc1. The van der Waals surface area contributed by atoms with Crippen LogP contribution in [0.3, 0.4) is 0 Å². The molecule has 0 aliphatic carbocycles. The van der Waals surface area contributed by atoms with Gasteiger partial charge in [-0.25, -0.2) is 4.98 Å². The van der Waals surface area contributed by atoms with Crippen LogP contribution in [0.1, 0.15) is 41.6 Å². The summed E-state index contributed by atoms with van der Waals surface area (Å²) >= 11 is 1.35. The second-order valence-corrected chi connectivity index (χ2v) is 9.76. The molecule has 4 aromatic rings. The molecule has 2 aromatic carbocycles. The second-order valence-electron chi connectivity index (χ2n) is 8.75. The minimum atomic E-state index is -0.847. The third-order valence-corrected chi connectivity index (χ3v) is 7.09. The number of carbonyl (C=O) groups excluding carboxylic acids is 2. The average molecular weight is 500 g/mol. The van der Waals surface area contributed by atoms with Crippen molar-refractivity contribution in [2.75, 3.05) is 11.5 Å². The first-order chi connectivity index (χ1) is 17.4. The normalized spacial score (nSPS) is 17.2. The molecule has 1 N–H and O–H groups in total. The van der Waals surface area contributed by atoms with Gasteiger partial charge in [0.2, 0.25) is 0 Å². The molecule has 0 spiro atoms. The van der Waals surface area contributed by atoms with Gasteiger partial charge in [-0.3, -0.25) is 19.5 Å². The van der Waals surface area contributed by atoms with E-state index in [-0.39, 0.29) is 11.3 Å². The number of anilines is 1. The summed E-state index contributed by atoms with van der Waals surface area (Å²) in [4.78, 5) is 36.9. The minimum absolute atomic E-state index is 0.0144. The van der Waals surface area contributed by atoms with Crippen LogP contribution in [0.15, 0.2) is 66.5 Å². The molecule has 36 heavy (non-hydrogen) atoms. The van der Waals surface area contributed by atoms with Crippen molar-refractivity contribution < 1.29 is 19.4 Å². The topological polar surface area (TPSA) is 92.6 Å². The Morgan fingerprint density at radius 1 is 1.08 bits per heavy atom. The lowest BCUT2D eigenvalue weighted by Gasteiger charge is -2.23. The van der Waals surface area contributed by atoms with Gasteiger partial charge >= 0.3 is 5.91 Å². The van der Waals surface area contributed by atoms with Crippen LogP contribution in [-0.2, 0) is 9.59 Å². The van der Waals surface area contributed by atoms with E-state index in [1.165, 1.54) is 28.6 Å². The quantitative estimate of drug-likeness (QED) is 0.207. The Hall–Kier alpha value is -4.04. The fraction of sp³-hybridized carbons (Fsp3) is 0.214. The van der Waals surface area contributed by atoms with Crippen LogP contribution in [0.4, 0.5) is 5.13 Å². The molecule has 0 radical (unpaired) electrons. The highest BCUT2D eigenvalue weighted by Gasteiger charge is 2.48. The van der Waals surface area contributed by atoms with Crippen molar-refractivity contribution >= 4 is 44.1 Å². The molecule has 1 unspecified atom stereocenters. The third-order valence-electron chi connectivity index (χ3n) is 6.09. The van der Waals surface area contributed by atoms with Gasteiger partial charge < -0.3 is 9.84 Å². The van der Waals surface area contributed by atoms with Gasteiger partial charge in [-0.2, -0.15) is 0 Å². The summed E-state index contributed by atoms with van der Waals surface area (Å²) < 4.78 is 6.64. The highest BCUT2D eigenvalue weighted by atomic mass is 32.1. The number of hydrogen-bond acceptors (Lipinski definition) is 7. The number of carbonyl (C=O) groups is 2. The molecule has 7 nitrogen and oxygen atoms in total. The van der Waals surface area contributed by atoms with Crippen molar-refractivity contribution in [3.63, 3.8) is 0 Å². The zero-order valence-electron chi connectivity index (χ0n) is 20.2. The molecule has 0 bridgehead atoms. The van der Waals surface area contributed by atoms with Crippen molar-refractivity contribution in [1.29, 1.82) is 0 Å². The number of hydrogen-bond donors (Lipinski definition) is 1. The first-order valence-corrected chi connectivity index (χ1v) is 12.5. The number of benzene rings is 2. The van der Waals surface area contributed by atoms with Crippen LogP contribution in [-0.4, -0.2) is 33.4 Å². The molecule has 1 aliphatic rings. The number of ether oxygens (including phenoxy) is 1. The Morgan fingerprint density at radius 2 is 1.81 bits per heavy atom. The zero-order valence-corrected chi connectivity index (χ0v) is 21.0. The van der Waals surface area contributed by atoms with Crippen molar-refractivity contribution in [3.05, 3.63) is 88.8 Å². The zero-order chi connectivity index (χ0) is 25.4. The maximum atomic E-state index is 13.4. The van der Waals surface area contributed by atoms with Crippen molar-refractivity contribution in [1.82, 2.24) is 9.97 Å². The molecule has 182 valence electrons. The monoisotopic (exact) mass is 499 g/mol. The lowest BCUT2D eigenvalue weighted by atomic mass is 9.95. The largest absolute Gasteiger partial charge is 0.507 e. The molecule has 1 saturated heterocycles. The van der Waals surface area contributed by atoms with Gasteiger partial charge in [-0.15, -0.1) is 0 Å². The Kier molecular flexibility index (Phi) is 6.28. The van der Waals surface area contributed by atoms with Crippen LogP contribution >= 0.6 is 11.3 Å². The summed E-state index contributed by atoms with van der Waals surface area (Å²) in [5, 5.41) is 11.6. The Bertz CT molecular complexity index is 1490. The van der Waals surface area contributed by atoms with E-state index < -0.39 is 17.7 Å². The maximum Gasteiger partial charge on any atom is 0.301 e. The number of rotatable bonds is 6. The lowest BCUT2D eigenvalue weighted by molar-refractivity contribution is -0.132. The average Bonchev–Trinajstić information content (AvgIpc) is 3.42. The summed E-state index contributed by atoms with van der Waals surface area (Å²) in [6.07, 6.45) is 3.93. The second kappa shape index (κ2) is 9.54. The predicted octanol–water partition coefficient (Wildman–Crippen LogP) is 5.72. The number of aromatic nitrogens is 2. The van der Waals surface area contributed by atoms with Crippen LogP contribution in [0, 0.1) is 13.8 Å². The van der Waals surface area contributed by atoms with Gasteiger partial charge in [0.25, 0.3) is 5.78 Å². The van der Waals surface area contributed by atoms with Gasteiger partial charge in [0.05, 0.1) is 28.4 Å².